The molecular formula is C14H11F3N4. The van der Waals surface area contributed by atoms with Gasteiger partial charge in [-0.2, -0.15) is 5.10 Å². The van der Waals surface area contributed by atoms with Crippen LogP contribution in [0.5, 0.6) is 0 Å². The molecule has 3 aromatic rings. The second-order valence-electron chi connectivity index (χ2n) is 5.33. The highest BCUT2D eigenvalue weighted by Crippen LogP contribution is 2.52. The lowest BCUT2D eigenvalue weighted by atomic mass is 10.1. The number of imidazole rings is 1. The van der Waals surface area contributed by atoms with Crippen molar-refractivity contribution in [2.24, 2.45) is 0 Å². The minimum atomic E-state index is -2.70. The summed E-state index contributed by atoms with van der Waals surface area (Å²) in [7, 11) is 0. The molecule has 1 fully saturated rings. The van der Waals surface area contributed by atoms with Crippen molar-refractivity contribution in [3.05, 3.63) is 36.0 Å². The van der Waals surface area contributed by atoms with Crippen LogP contribution in [0.1, 0.15) is 18.3 Å². The minimum absolute atomic E-state index is 0.214. The van der Waals surface area contributed by atoms with Crippen LogP contribution in [0.3, 0.4) is 0 Å². The molecule has 0 saturated heterocycles. The fraction of sp³-hybridized carbons (Fsp3) is 0.286. The summed E-state index contributed by atoms with van der Waals surface area (Å²) in [6, 6.07) is 3.55. The number of H-pyrrole nitrogens is 1. The molecule has 0 radical (unpaired) electrons. The first kappa shape index (κ1) is 12.4. The predicted molar refractivity (Wildman–Crippen MR) is 70.6 cm³/mol. The molecule has 4 nitrogen and oxygen atoms in total. The number of aromatic amines is 1. The molecule has 0 spiro atoms. The highest BCUT2D eigenvalue weighted by Gasteiger charge is 2.59. The van der Waals surface area contributed by atoms with Gasteiger partial charge in [-0.25, -0.2) is 18.2 Å². The molecule has 2 aromatic heterocycles. The number of alkyl halides is 2. The Balaban J connectivity index is 1.77. The Labute approximate surface area is 117 Å². The first-order chi connectivity index (χ1) is 9.94. The number of nitrogens with one attached hydrogen (secondary N) is 1. The Morgan fingerprint density at radius 1 is 1.38 bits per heavy atom. The molecule has 1 N–H and O–H groups in total. The van der Waals surface area contributed by atoms with Crippen LogP contribution in [0.25, 0.3) is 22.3 Å². The summed E-state index contributed by atoms with van der Waals surface area (Å²) in [6.07, 6.45) is 1.24. The van der Waals surface area contributed by atoms with Gasteiger partial charge in [0.25, 0.3) is 5.92 Å². The van der Waals surface area contributed by atoms with Gasteiger partial charge >= 0.3 is 0 Å². The summed E-state index contributed by atoms with van der Waals surface area (Å²) in [4.78, 5) is 7.19. The number of aryl methyl sites for hydroxylation is 1. The van der Waals surface area contributed by atoms with Gasteiger partial charge < -0.3 is 4.98 Å². The summed E-state index contributed by atoms with van der Waals surface area (Å²) in [5.41, 5.74) is 1.81. The van der Waals surface area contributed by atoms with Crippen molar-refractivity contribution in [3.8, 4) is 11.3 Å². The number of halogens is 3. The van der Waals surface area contributed by atoms with Gasteiger partial charge in [-0.3, -0.25) is 4.68 Å². The van der Waals surface area contributed by atoms with E-state index in [0.29, 0.717) is 22.6 Å². The van der Waals surface area contributed by atoms with E-state index in [-0.39, 0.29) is 12.0 Å². The molecule has 1 aliphatic rings. The van der Waals surface area contributed by atoms with Crippen LogP contribution in [0.15, 0.2) is 24.4 Å². The SMILES string of the molecule is Cc1nc2cc(-c3ccn(C4CC4(F)F)n3)c(F)cc2[nH]1. The van der Waals surface area contributed by atoms with E-state index in [1.54, 1.807) is 13.0 Å². The van der Waals surface area contributed by atoms with Gasteiger partial charge in [0.15, 0.2) is 0 Å². The molecule has 2 heterocycles. The molecule has 1 unspecified atom stereocenters. The molecule has 4 rings (SSSR count). The summed E-state index contributed by atoms with van der Waals surface area (Å²) >= 11 is 0. The van der Waals surface area contributed by atoms with Crippen molar-refractivity contribution >= 4 is 11.0 Å². The number of rotatable bonds is 2. The van der Waals surface area contributed by atoms with Crippen molar-refractivity contribution in [2.45, 2.75) is 25.3 Å². The van der Waals surface area contributed by atoms with Crippen molar-refractivity contribution < 1.29 is 13.2 Å². The number of benzene rings is 1. The quantitative estimate of drug-likeness (QED) is 0.786. The lowest BCUT2D eigenvalue weighted by molar-refractivity contribution is 0.0984. The Morgan fingerprint density at radius 2 is 2.14 bits per heavy atom. The summed E-state index contributed by atoms with van der Waals surface area (Å²) in [5, 5.41) is 4.07. The molecule has 1 saturated carbocycles. The van der Waals surface area contributed by atoms with Crippen LogP contribution in [0.2, 0.25) is 0 Å². The lowest BCUT2D eigenvalue weighted by Gasteiger charge is -2.01. The molecule has 0 aliphatic heterocycles. The van der Waals surface area contributed by atoms with E-state index < -0.39 is 17.8 Å². The topological polar surface area (TPSA) is 46.5 Å². The maximum atomic E-state index is 14.1. The van der Waals surface area contributed by atoms with E-state index in [1.165, 1.54) is 23.0 Å². The van der Waals surface area contributed by atoms with E-state index in [1.807, 2.05) is 0 Å². The predicted octanol–water partition coefficient (Wildman–Crippen LogP) is 3.45. The second-order valence-corrected chi connectivity index (χ2v) is 5.33. The third kappa shape index (κ3) is 1.91. The van der Waals surface area contributed by atoms with E-state index in [2.05, 4.69) is 15.1 Å². The van der Waals surface area contributed by atoms with Crippen LogP contribution in [-0.4, -0.2) is 25.7 Å². The smallest absolute Gasteiger partial charge is 0.272 e. The number of hydrogen-bond donors (Lipinski definition) is 1. The van der Waals surface area contributed by atoms with Crippen molar-refractivity contribution in [1.29, 1.82) is 0 Å². The van der Waals surface area contributed by atoms with Crippen molar-refractivity contribution in [3.63, 3.8) is 0 Å². The molecule has 0 amide bonds. The van der Waals surface area contributed by atoms with E-state index >= 15 is 0 Å². The normalized spacial score (nSPS) is 20.1. The van der Waals surface area contributed by atoms with E-state index in [9.17, 15) is 13.2 Å². The summed E-state index contributed by atoms with van der Waals surface area (Å²) < 4.78 is 41.4. The van der Waals surface area contributed by atoms with E-state index in [0.717, 1.165) is 0 Å². The Morgan fingerprint density at radius 3 is 2.86 bits per heavy atom. The van der Waals surface area contributed by atoms with E-state index in [4.69, 9.17) is 0 Å². The molecule has 0 bridgehead atoms. The Bertz CT molecular complexity index is 849. The minimum Gasteiger partial charge on any atom is -0.342 e. The molecule has 7 heteroatoms. The van der Waals surface area contributed by atoms with Crippen LogP contribution < -0.4 is 0 Å². The standard InChI is InChI=1S/C14H11F3N4/c1-7-18-11-4-8(9(15)5-12(11)19-7)10-2-3-21(20-10)13-6-14(13,16)17/h2-5,13H,6H2,1H3,(H,18,19). The molecular weight excluding hydrogens is 281 g/mol. The van der Waals surface area contributed by atoms with Gasteiger partial charge in [0.2, 0.25) is 0 Å². The highest BCUT2D eigenvalue weighted by molar-refractivity contribution is 5.81. The Kier molecular flexibility index (Phi) is 2.29. The summed E-state index contributed by atoms with van der Waals surface area (Å²) in [5.74, 6) is -2.48. The van der Waals surface area contributed by atoms with Crippen LogP contribution in [-0.2, 0) is 0 Å². The monoisotopic (exact) mass is 292 g/mol. The van der Waals surface area contributed by atoms with Gasteiger partial charge in [-0.05, 0) is 19.1 Å². The van der Waals surface area contributed by atoms with Crippen LogP contribution >= 0.6 is 0 Å². The molecule has 21 heavy (non-hydrogen) atoms. The average molecular weight is 292 g/mol. The first-order valence-electron chi connectivity index (χ1n) is 6.53. The van der Waals surface area contributed by atoms with Gasteiger partial charge in [-0.15, -0.1) is 0 Å². The molecule has 108 valence electrons. The molecule has 1 aromatic carbocycles. The first-order valence-corrected chi connectivity index (χ1v) is 6.53. The number of fused-ring (bicyclic) bond motifs is 1. The highest BCUT2D eigenvalue weighted by atomic mass is 19.3. The maximum absolute atomic E-state index is 14.1. The van der Waals surface area contributed by atoms with Crippen LogP contribution in [0.4, 0.5) is 13.2 Å². The van der Waals surface area contributed by atoms with Crippen LogP contribution in [0, 0.1) is 12.7 Å². The van der Waals surface area contributed by atoms with Gasteiger partial charge in [0, 0.05) is 24.2 Å². The largest absolute Gasteiger partial charge is 0.342 e. The second kappa shape index (κ2) is 3.87. The van der Waals surface area contributed by atoms with Gasteiger partial charge in [0.05, 0.1) is 16.7 Å². The summed E-state index contributed by atoms with van der Waals surface area (Å²) in [6.45, 7) is 1.78. The average Bonchev–Trinajstić information content (AvgIpc) is 2.80. The maximum Gasteiger partial charge on any atom is 0.272 e. The zero-order chi connectivity index (χ0) is 14.8. The third-order valence-electron chi connectivity index (χ3n) is 3.69. The number of aromatic nitrogens is 4. The van der Waals surface area contributed by atoms with Gasteiger partial charge in [0.1, 0.15) is 17.7 Å². The zero-order valence-corrected chi connectivity index (χ0v) is 11.1. The third-order valence-corrected chi connectivity index (χ3v) is 3.69. The number of nitrogens with zero attached hydrogens (tertiary/aromatic N) is 3. The van der Waals surface area contributed by atoms with Crippen molar-refractivity contribution in [1.82, 2.24) is 19.7 Å². The molecule has 1 aliphatic carbocycles. The lowest BCUT2D eigenvalue weighted by Crippen LogP contribution is -2.02. The fourth-order valence-electron chi connectivity index (χ4n) is 2.50. The zero-order valence-electron chi connectivity index (χ0n) is 11.1. The molecule has 1 atom stereocenters. The van der Waals surface area contributed by atoms with Crippen molar-refractivity contribution in [2.75, 3.05) is 0 Å². The fourth-order valence-corrected chi connectivity index (χ4v) is 2.50. The number of hydrogen-bond acceptors (Lipinski definition) is 2. The Hall–Kier alpha value is -2.31. The van der Waals surface area contributed by atoms with Gasteiger partial charge in [-0.1, -0.05) is 0 Å².